The Bertz CT molecular complexity index is 1120. The average molecular weight is 601 g/mol. The monoisotopic (exact) mass is 600 g/mol. The van der Waals surface area contributed by atoms with E-state index in [1.54, 1.807) is 4.90 Å². The highest BCUT2D eigenvalue weighted by atomic mass is 16.5. The number of carbonyl (C=O) groups excluding carboxylic acids is 2. The minimum absolute atomic E-state index is 0.00598. The van der Waals surface area contributed by atoms with Gasteiger partial charge in [0.15, 0.2) is 0 Å². The highest BCUT2D eigenvalue weighted by Gasteiger charge is 2.47. The molecule has 3 atom stereocenters. The highest BCUT2D eigenvalue weighted by Crippen LogP contribution is 2.41. The Kier molecular flexibility index (Phi) is 11.3. The number of carboxylic acids is 1. The molecule has 1 aromatic rings. The molecule has 3 heterocycles. The maximum Gasteiger partial charge on any atom is 0.319 e. The number of rotatable bonds is 15. The van der Waals surface area contributed by atoms with Gasteiger partial charge in [-0.25, -0.2) is 4.79 Å². The Morgan fingerprint density at radius 3 is 2.60 bits per heavy atom. The predicted octanol–water partition coefficient (Wildman–Crippen LogP) is 3.35. The van der Waals surface area contributed by atoms with Gasteiger partial charge in [0.1, 0.15) is 5.75 Å². The van der Waals surface area contributed by atoms with Crippen LogP contribution < -0.4 is 4.74 Å². The number of ether oxygens (including phenoxy) is 1. The molecule has 0 aliphatic carbocycles. The van der Waals surface area contributed by atoms with E-state index in [1.807, 2.05) is 29.0 Å². The van der Waals surface area contributed by atoms with E-state index in [1.165, 1.54) is 0 Å². The zero-order valence-corrected chi connectivity index (χ0v) is 27.1. The van der Waals surface area contributed by atoms with Gasteiger partial charge in [0.25, 0.3) is 0 Å². The third kappa shape index (κ3) is 8.62. The quantitative estimate of drug-likeness (QED) is 0.245. The number of amides is 3. The molecule has 4 rings (SSSR count). The number of likely N-dealkylation sites (tertiary alicyclic amines) is 1. The number of unbranched alkanes of at least 4 members (excludes halogenated alkanes) is 2. The summed E-state index contributed by atoms with van der Waals surface area (Å²) in [6.45, 7) is 7.90. The summed E-state index contributed by atoms with van der Waals surface area (Å²) >= 11 is 0. The maximum absolute atomic E-state index is 13.9. The van der Waals surface area contributed by atoms with Crippen LogP contribution in [-0.2, 0) is 16.0 Å². The summed E-state index contributed by atoms with van der Waals surface area (Å²) in [5.41, 5.74) is 2.11. The molecule has 10 heteroatoms. The molecule has 0 aromatic heterocycles. The number of nitrogens with zero attached hydrogens (tertiary/aromatic N) is 5. The Balaban J connectivity index is 1.54. The van der Waals surface area contributed by atoms with Crippen molar-refractivity contribution in [2.75, 3.05) is 87.2 Å². The van der Waals surface area contributed by atoms with Gasteiger partial charge in [0, 0.05) is 64.7 Å². The molecule has 1 aromatic carbocycles. The van der Waals surface area contributed by atoms with Gasteiger partial charge >= 0.3 is 12.0 Å². The average Bonchev–Trinajstić information content (AvgIpc) is 3.57. The summed E-state index contributed by atoms with van der Waals surface area (Å²) in [7, 11) is 8.37. The van der Waals surface area contributed by atoms with Gasteiger partial charge < -0.3 is 29.0 Å². The molecule has 10 nitrogen and oxygen atoms in total. The van der Waals surface area contributed by atoms with Gasteiger partial charge in [-0.2, -0.15) is 0 Å². The number of carbonyl (C=O) groups is 3. The second kappa shape index (κ2) is 14.8. The summed E-state index contributed by atoms with van der Waals surface area (Å²) < 4.78 is 6.61. The number of quaternary nitrogens is 1. The highest BCUT2D eigenvalue weighted by molar-refractivity contribution is 5.79. The summed E-state index contributed by atoms with van der Waals surface area (Å²) in [6, 6.07) is 5.72. The number of hydrogen-bond donors (Lipinski definition) is 1. The lowest BCUT2D eigenvalue weighted by molar-refractivity contribution is -0.870. The van der Waals surface area contributed by atoms with E-state index in [4.69, 9.17) is 4.74 Å². The maximum atomic E-state index is 13.9. The number of aliphatic carboxylic acids is 1. The smallest absolute Gasteiger partial charge is 0.319 e. The minimum atomic E-state index is -0.841. The van der Waals surface area contributed by atoms with Crippen LogP contribution in [0.25, 0.3) is 0 Å². The zero-order chi connectivity index (χ0) is 31.1. The van der Waals surface area contributed by atoms with Crippen LogP contribution in [0.5, 0.6) is 5.75 Å². The molecule has 3 amide bonds. The lowest BCUT2D eigenvalue weighted by Gasteiger charge is -2.35. The number of urea groups is 1. The predicted molar refractivity (Wildman–Crippen MR) is 167 cm³/mol. The first-order chi connectivity index (χ1) is 20.5. The van der Waals surface area contributed by atoms with E-state index in [0.29, 0.717) is 32.7 Å². The van der Waals surface area contributed by atoms with E-state index < -0.39 is 11.9 Å². The first kappa shape index (κ1) is 33.1. The van der Waals surface area contributed by atoms with Crippen molar-refractivity contribution in [3.05, 3.63) is 29.3 Å². The third-order valence-electron chi connectivity index (χ3n) is 9.37. The zero-order valence-electron chi connectivity index (χ0n) is 27.1. The van der Waals surface area contributed by atoms with Gasteiger partial charge in [-0.05, 0) is 49.3 Å². The van der Waals surface area contributed by atoms with E-state index in [-0.39, 0.29) is 30.4 Å². The number of fused-ring (bicyclic) bond motifs is 1. The second-order valence-electron chi connectivity index (χ2n) is 13.7. The van der Waals surface area contributed by atoms with Crippen LogP contribution in [0.1, 0.15) is 62.5 Å². The van der Waals surface area contributed by atoms with Gasteiger partial charge in [-0.15, -0.1) is 0 Å². The van der Waals surface area contributed by atoms with Crippen LogP contribution in [0.15, 0.2) is 18.2 Å². The van der Waals surface area contributed by atoms with Gasteiger partial charge in [0.05, 0.1) is 46.8 Å². The van der Waals surface area contributed by atoms with Crippen molar-refractivity contribution >= 4 is 17.9 Å². The van der Waals surface area contributed by atoms with Gasteiger partial charge in [0.2, 0.25) is 5.91 Å². The van der Waals surface area contributed by atoms with E-state index in [2.05, 4.69) is 39.0 Å². The lowest BCUT2D eigenvalue weighted by Crippen LogP contribution is -2.50. The molecule has 3 aliphatic rings. The third-order valence-corrected chi connectivity index (χ3v) is 9.37. The standard InChI is InChI=1S/C33H53N5O5/c1-6-7-16-35(17-8-9-20-38(3,4)5)30(39)24-37-23-27(25-11-12-29-26(22-25)14-21-43-29)31(32(40)41)28(37)13-19-36-18-10-15-34(2)33(36)42/h11-12,22,27-28,31H,6-10,13-21,23-24H2,1-5H3/p+1. The summed E-state index contributed by atoms with van der Waals surface area (Å²) in [5.74, 6) is -0.799. The molecule has 240 valence electrons. The first-order valence-electron chi connectivity index (χ1n) is 16.3. The lowest BCUT2D eigenvalue weighted by atomic mass is 9.83. The van der Waals surface area contributed by atoms with E-state index in [0.717, 1.165) is 86.1 Å². The largest absolute Gasteiger partial charge is 0.493 e. The Labute approximate surface area is 258 Å². The van der Waals surface area contributed by atoms with Crippen molar-refractivity contribution in [1.29, 1.82) is 0 Å². The molecule has 0 radical (unpaired) electrons. The number of hydrogen-bond acceptors (Lipinski definition) is 5. The fourth-order valence-electron chi connectivity index (χ4n) is 6.93. The fourth-order valence-corrected chi connectivity index (χ4v) is 6.93. The molecule has 0 spiro atoms. The van der Waals surface area contributed by atoms with Crippen LogP contribution >= 0.6 is 0 Å². The Morgan fingerprint density at radius 2 is 1.88 bits per heavy atom. The molecular weight excluding hydrogens is 546 g/mol. The van der Waals surface area contributed by atoms with Crippen molar-refractivity contribution in [3.63, 3.8) is 0 Å². The molecule has 43 heavy (non-hydrogen) atoms. The van der Waals surface area contributed by atoms with E-state index >= 15 is 0 Å². The van der Waals surface area contributed by atoms with Crippen molar-refractivity contribution < 1.29 is 28.7 Å². The summed E-state index contributed by atoms with van der Waals surface area (Å²) in [4.78, 5) is 47.3. The van der Waals surface area contributed by atoms with E-state index in [9.17, 15) is 19.5 Å². The Hall–Kier alpha value is -2.85. The summed E-state index contributed by atoms with van der Waals surface area (Å²) in [6.07, 6.45) is 6.21. The molecule has 3 aliphatic heterocycles. The van der Waals surface area contributed by atoms with Crippen LogP contribution in [0.4, 0.5) is 4.79 Å². The van der Waals surface area contributed by atoms with Crippen LogP contribution in [0.3, 0.4) is 0 Å². The van der Waals surface area contributed by atoms with Crippen molar-refractivity contribution in [2.24, 2.45) is 5.92 Å². The SMILES string of the molecule is CCCCN(CCCC[N+](C)(C)C)C(=O)CN1CC(c2ccc3c(c2)CCO3)C(C(=O)O)C1CCN1CCCN(C)C1=O. The van der Waals surface area contributed by atoms with Crippen LogP contribution in [0.2, 0.25) is 0 Å². The first-order valence-corrected chi connectivity index (χ1v) is 16.3. The normalized spacial score (nSPS) is 22.5. The molecule has 0 bridgehead atoms. The fraction of sp³-hybridized carbons (Fsp3) is 0.727. The molecular formula is C33H54N5O5+. The molecule has 2 saturated heterocycles. The molecule has 0 saturated carbocycles. The number of carboxylic acid groups (broad SMARTS) is 1. The van der Waals surface area contributed by atoms with Crippen molar-refractivity contribution in [1.82, 2.24) is 19.6 Å². The van der Waals surface area contributed by atoms with Crippen molar-refractivity contribution in [3.8, 4) is 5.75 Å². The minimum Gasteiger partial charge on any atom is -0.493 e. The van der Waals surface area contributed by atoms with Crippen LogP contribution in [0, 0.1) is 5.92 Å². The molecule has 1 N–H and O–H groups in total. The number of benzene rings is 1. The van der Waals surface area contributed by atoms with Crippen LogP contribution in [-0.4, -0.2) is 140 Å². The molecule has 3 unspecified atom stereocenters. The summed E-state index contributed by atoms with van der Waals surface area (Å²) in [5, 5.41) is 10.6. The van der Waals surface area contributed by atoms with Crippen molar-refractivity contribution in [2.45, 2.75) is 63.8 Å². The Morgan fingerprint density at radius 1 is 1.12 bits per heavy atom. The molecule has 2 fully saturated rings. The van der Waals surface area contributed by atoms with Gasteiger partial charge in [-0.1, -0.05) is 25.5 Å². The van der Waals surface area contributed by atoms with Gasteiger partial charge in [-0.3, -0.25) is 14.5 Å². The topological polar surface area (TPSA) is 93.6 Å². The second-order valence-corrected chi connectivity index (χ2v) is 13.7.